The van der Waals surface area contributed by atoms with Gasteiger partial charge in [-0.2, -0.15) is 5.10 Å². The van der Waals surface area contributed by atoms with Crippen LogP contribution in [-0.4, -0.2) is 27.2 Å². The lowest BCUT2D eigenvalue weighted by atomic mass is 10.1. The van der Waals surface area contributed by atoms with E-state index < -0.39 is 0 Å². The van der Waals surface area contributed by atoms with Gasteiger partial charge in [0.15, 0.2) is 0 Å². The van der Waals surface area contributed by atoms with Gasteiger partial charge in [-0.15, -0.1) is 11.3 Å². The van der Waals surface area contributed by atoms with Gasteiger partial charge in [0, 0.05) is 42.6 Å². The fourth-order valence-electron chi connectivity index (χ4n) is 2.51. The molecule has 1 amide bonds. The van der Waals surface area contributed by atoms with Gasteiger partial charge >= 0.3 is 0 Å². The van der Waals surface area contributed by atoms with E-state index in [9.17, 15) is 9.59 Å². The molecule has 0 spiro atoms. The summed E-state index contributed by atoms with van der Waals surface area (Å²) in [5.74, 6) is -0.136. The smallest absolute Gasteiger partial charge is 0.266 e. The number of rotatable bonds is 6. The fourth-order valence-corrected chi connectivity index (χ4v) is 3.29. The van der Waals surface area contributed by atoms with Crippen LogP contribution in [0.2, 0.25) is 0 Å². The number of nitrogens with one attached hydrogen (secondary N) is 1. The van der Waals surface area contributed by atoms with E-state index in [1.54, 1.807) is 36.6 Å². The first kappa shape index (κ1) is 18.0. The molecule has 0 aliphatic heterocycles. The van der Waals surface area contributed by atoms with Crippen molar-refractivity contribution in [2.75, 3.05) is 6.54 Å². The van der Waals surface area contributed by atoms with Gasteiger partial charge in [-0.25, -0.2) is 9.67 Å². The van der Waals surface area contributed by atoms with E-state index in [1.165, 1.54) is 10.7 Å². The molecule has 2 heterocycles. The summed E-state index contributed by atoms with van der Waals surface area (Å²) in [5, 5.41) is 10.3. The standard InChI is InChI=1S/C19H20N4O2S/c1-3-17-21-15(12-26-17)9-10-20-19(25)14-6-4-5-13(11-14)16-7-8-18(24)23(2)22-16/h4-8,11-12H,3,9-10H2,1-2H3,(H,20,25). The summed E-state index contributed by atoms with van der Waals surface area (Å²) in [6.07, 6.45) is 1.65. The molecule has 1 N–H and O–H groups in total. The van der Waals surface area contributed by atoms with Crippen LogP contribution in [0.4, 0.5) is 0 Å². The van der Waals surface area contributed by atoms with Crippen molar-refractivity contribution in [3.05, 3.63) is 68.4 Å². The summed E-state index contributed by atoms with van der Waals surface area (Å²) >= 11 is 1.65. The monoisotopic (exact) mass is 368 g/mol. The highest BCUT2D eigenvalue weighted by atomic mass is 32.1. The molecular formula is C19H20N4O2S. The minimum Gasteiger partial charge on any atom is -0.352 e. The Hall–Kier alpha value is -2.80. The van der Waals surface area contributed by atoms with Crippen LogP contribution in [0.25, 0.3) is 11.3 Å². The number of benzene rings is 1. The van der Waals surface area contributed by atoms with Crippen LogP contribution in [0.5, 0.6) is 0 Å². The molecule has 3 aromatic rings. The molecular weight excluding hydrogens is 348 g/mol. The Kier molecular flexibility index (Phi) is 5.58. The Morgan fingerprint density at radius 2 is 2.12 bits per heavy atom. The Morgan fingerprint density at radius 3 is 2.85 bits per heavy atom. The molecule has 1 aromatic carbocycles. The number of carbonyl (C=O) groups is 1. The second-order valence-electron chi connectivity index (χ2n) is 5.85. The Balaban J connectivity index is 1.66. The average molecular weight is 368 g/mol. The van der Waals surface area contributed by atoms with E-state index >= 15 is 0 Å². The van der Waals surface area contributed by atoms with Gasteiger partial charge in [0.2, 0.25) is 0 Å². The molecule has 0 atom stereocenters. The Bertz CT molecular complexity index is 977. The van der Waals surface area contributed by atoms with Crippen molar-refractivity contribution in [2.45, 2.75) is 19.8 Å². The Morgan fingerprint density at radius 1 is 1.27 bits per heavy atom. The fraction of sp³-hybridized carbons (Fsp3) is 0.263. The zero-order valence-corrected chi connectivity index (χ0v) is 15.5. The van der Waals surface area contributed by atoms with E-state index in [1.807, 2.05) is 17.5 Å². The van der Waals surface area contributed by atoms with E-state index in [2.05, 4.69) is 22.3 Å². The van der Waals surface area contributed by atoms with Crippen molar-refractivity contribution in [1.29, 1.82) is 0 Å². The van der Waals surface area contributed by atoms with Crippen molar-refractivity contribution in [2.24, 2.45) is 7.05 Å². The van der Waals surface area contributed by atoms with Crippen LogP contribution in [-0.2, 0) is 19.9 Å². The summed E-state index contributed by atoms with van der Waals surface area (Å²) in [4.78, 5) is 28.4. The van der Waals surface area contributed by atoms with Crippen molar-refractivity contribution in [3.63, 3.8) is 0 Å². The van der Waals surface area contributed by atoms with Crippen molar-refractivity contribution in [3.8, 4) is 11.3 Å². The minimum absolute atomic E-state index is 0.136. The number of nitrogens with zero attached hydrogens (tertiary/aromatic N) is 3. The topological polar surface area (TPSA) is 76.9 Å². The average Bonchev–Trinajstić information content (AvgIpc) is 3.12. The summed E-state index contributed by atoms with van der Waals surface area (Å²) in [6.45, 7) is 2.62. The zero-order chi connectivity index (χ0) is 18.5. The molecule has 0 saturated carbocycles. The SMILES string of the molecule is CCc1nc(CCNC(=O)c2cccc(-c3ccc(=O)n(C)n3)c2)cs1. The second kappa shape index (κ2) is 8.05. The lowest BCUT2D eigenvalue weighted by Gasteiger charge is -2.07. The normalized spacial score (nSPS) is 10.7. The van der Waals surface area contributed by atoms with Crippen LogP contribution in [0, 0.1) is 0 Å². The third-order valence-electron chi connectivity index (χ3n) is 3.95. The third-order valence-corrected chi connectivity index (χ3v) is 4.99. The molecule has 0 unspecified atom stereocenters. The Labute approximate surface area is 155 Å². The maximum absolute atomic E-state index is 12.4. The number of hydrogen-bond donors (Lipinski definition) is 1. The number of aryl methyl sites for hydroxylation is 2. The van der Waals surface area contributed by atoms with Crippen LogP contribution >= 0.6 is 11.3 Å². The first-order valence-electron chi connectivity index (χ1n) is 8.43. The number of thiazole rings is 1. The molecule has 0 aliphatic carbocycles. The van der Waals surface area contributed by atoms with Gasteiger partial charge in [-0.1, -0.05) is 19.1 Å². The quantitative estimate of drug-likeness (QED) is 0.725. The predicted molar refractivity (Wildman–Crippen MR) is 102 cm³/mol. The first-order chi connectivity index (χ1) is 12.6. The van der Waals surface area contributed by atoms with Crippen LogP contribution < -0.4 is 10.9 Å². The predicted octanol–water partition coefficient (Wildman–Crippen LogP) is 2.44. The highest BCUT2D eigenvalue weighted by Gasteiger charge is 2.09. The molecule has 26 heavy (non-hydrogen) atoms. The molecule has 0 fully saturated rings. The highest BCUT2D eigenvalue weighted by Crippen LogP contribution is 2.17. The molecule has 0 radical (unpaired) electrons. The van der Waals surface area contributed by atoms with Gasteiger partial charge in [0.1, 0.15) is 0 Å². The molecule has 2 aromatic heterocycles. The largest absolute Gasteiger partial charge is 0.352 e. The zero-order valence-electron chi connectivity index (χ0n) is 14.7. The number of amides is 1. The number of aromatic nitrogens is 3. The van der Waals surface area contributed by atoms with Crippen LogP contribution in [0.1, 0.15) is 28.0 Å². The molecule has 6 nitrogen and oxygen atoms in total. The molecule has 0 saturated heterocycles. The maximum Gasteiger partial charge on any atom is 0.266 e. The van der Waals surface area contributed by atoms with Gasteiger partial charge in [-0.05, 0) is 24.6 Å². The second-order valence-corrected chi connectivity index (χ2v) is 6.80. The molecule has 0 aliphatic rings. The van der Waals surface area contributed by atoms with Gasteiger partial charge in [-0.3, -0.25) is 9.59 Å². The summed E-state index contributed by atoms with van der Waals surface area (Å²) < 4.78 is 1.28. The summed E-state index contributed by atoms with van der Waals surface area (Å²) in [5.41, 5.74) is 2.84. The van der Waals surface area contributed by atoms with Gasteiger partial charge < -0.3 is 5.32 Å². The van der Waals surface area contributed by atoms with E-state index in [4.69, 9.17) is 0 Å². The summed E-state index contributed by atoms with van der Waals surface area (Å²) in [6, 6.07) is 10.3. The van der Waals surface area contributed by atoms with Crippen molar-refractivity contribution < 1.29 is 4.79 Å². The third kappa shape index (κ3) is 4.23. The number of hydrogen-bond acceptors (Lipinski definition) is 5. The van der Waals surface area contributed by atoms with Gasteiger partial charge in [0.25, 0.3) is 11.5 Å². The highest BCUT2D eigenvalue weighted by molar-refractivity contribution is 7.09. The molecule has 7 heteroatoms. The lowest BCUT2D eigenvalue weighted by molar-refractivity contribution is 0.0954. The van der Waals surface area contributed by atoms with Crippen molar-refractivity contribution >= 4 is 17.2 Å². The molecule has 134 valence electrons. The molecule has 0 bridgehead atoms. The van der Waals surface area contributed by atoms with Crippen LogP contribution in [0.3, 0.4) is 0 Å². The number of carbonyl (C=O) groups excluding carboxylic acids is 1. The van der Waals surface area contributed by atoms with Gasteiger partial charge in [0.05, 0.1) is 16.4 Å². The summed E-state index contributed by atoms with van der Waals surface area (Å²) in [7, 11) is 1.60. The first-order valence-corrected chi connectivity index (χ1v) is 9.31. The lowest BCUT2D eigenvalue weighted by Crippen LogP contribution is -2.25. The van der Waals surface area contributed by atoms with Crippen LogP contribution in [0.15, 0.2) is 46.6 Å². The maximum atomic E-state index is 12.4. The van der Waals surface area contributed by atoms with E-state index in [0.29, 0.717) is 24.2 Å². The van der Waals surface area contributed by atoms with E-state index in [0.717, 1.165) is 22.7 Å². The van der Waals surface area contributed by atoms with Crippen molar-refractivity contribution in [1.82, 2.24) is 20.1 Å². The minimum atomic E-state index is -0.170. The molecule has 3 rings (SSSR count). The van der Waals surface area contributed by atoms with E-state index in [-0.39, 0.29) is 11.5 Å².